The van der Waals surface area contributed by atoms with Crippen LogP contribution in [0.2, 0.25) is 5.02 Å². The molecule has 5 rings (SSSR count). The highest BCUT2D eigenvalue weighted by Gasteiger charge is 2.33. The van der Waals surface area contributed by atoms with Gasteiger partial charge in [0.25, 0.3) is 5.56 Å². The molecule has 1 aromatic heterocycles. The van der Waals surface area contributed by atoms with Crippen molar-refractivity contribution in [3.8, 4) is 5.75 Å². The van der Waals surface area contributed by atoms with Crippen LogP contribution in [0.5, 0.6) is 5.75 Å². The Morgan fingerprint density at radius 1 is 1.12 bits per heavy atom. The second kappa shape index (κ2) is 12.3. The zero-order valence-corrected chi connectivity index (χ0v) is 24.6. The van der Waals surface area contributed by atoms with Gasteiger partial charge in [0.2, 0.25) is 0 Å². The molecule has 0 bridgehead atoms. The van der Waals surface area contributed by atoms with Crippen molar-refractivity contribution in [3.63, 3.8) is 0 Å². The van der Waals surface area contributed by atoms with Gasteiger partial charge in [0, 0.05) is 9.92 Å². The molecule has 6 nitrogen and oxygen atoms in total. The van der Waals surface area contributed by atoms with Crippen LogP contribution in [0.1, 0.15) is 36.6 Å². The summed E-state index contributed by atoms with van der Waals surface area (Å²) in [4.78, 5) is 33.2. The Bertz CT molecular complexity index is 1760. The molecule has 1 aliphatic heterocycles. The molecule has 0 unspecified atom stereocenters. The van der Waals surface area contributed by atoms with Gasteiger partial charge in [-0.05, 0) is 79.3 Å². The average molecular weight is 591 g/mol. The minimum absolute atomic E-state index is 0.218. The summed E-state index contributed by atoms with van der Waals surface area (Å²) in [6, 6.07) is 22.3. The van der Waals surface area contributed by atoms with Gasteiger partial charge in [0.05, 0.1) is 28.5 Å². The van der Waals surface area contributed by atoms with Crippen LogP contribution in [0.3, 0.4) is 0 Å². The zero-order valence-electron chi connectivity index (χ0n) is 22.2. The topological polar surface area (TPSA) is 69.9 Å². The van der Waals surface area contributed by atoms with Crippen LogP contribution in [0.25, 0.3) is 6.08 Å². The van der Waals surface area contributed by atoms with Gasteiger partial charge in [-0.2, -0.15) is 0 Å². The van der Waals surface area contributed by atoms with Crippen molar-refractivity contribution < 1.29 is 14.3 Å². The molecule has 40 heavy (non-hydrogen) atoms. The van der Waals surface area contributed by atoms with Crippen LogP contribution in [-0.4, -0.2) is 23.4 Å². The number of aromatic nitrogens is 1. The summed E-state index contributed by atoms with van der Waals surface area (Å²) in [6.45, 7) is 4.18. The molecule has 204 valence electrons. The third-order valence-corrected chi connectivity index (χ3v) is 8.40. The third kappa shape index (κ3) is 5.94. The van der Waals surface area contributed by atoms with E-state index in [1.165, 1.54) is 11.3 Å². The number of thiazole rings is 1. The first-order valence-electron chi connectivity index (χ1n) is 12.7. The predicted octanol–water partition coefficient (Wildman–Crippen LogP) is 5.75. The molecule has 0 saturated carbocycles. The molecule has 2 heterocycles. The van der Waals surface area contributed by atoms with Crippen molar-refractivity contribution in [3.05, 3.63) is 125 Å². The Labute approximate surface area is 245 Å². The van der Waals surface area contributed by atoms with Crippen LogP contribution >= 0.6 is 34.7 Å². The lowest BCUT2D eigenvalue weighted by molar-refractivity contribution is -0.139. The number of fused-ring (bicyclic) bond motifs is 1. The van der Waals surface area contributed by atoms with Crippen molar-refractivity contribution in [1.29, 1.82) is 0 Å². The minimum atomic E-state index is -0.637. The van der Waals surface area contributed by atoms with Crippen LogP contribution in [0, 0.1) is 0 Å². The number of ether oxygens (including phenoxy) is 2. The molecule has 4 aromatic rings. The summed E-state index contributed by atoms with van der Waals surface area (Å²) < 4.78 is 13.5. The van der Waals surface area contributed by atoms with Gasteiger partial charge in [-0.15, -0.1) is 11.8 Å². The maximum Gasteiger partial charge on any atom is 0.338 e. The molecule has 3 aromatic carbocycles. The smallest absolute Gasteiger partial charge is 0.338 e. The number of hydrogen-bond acceptors (Lipinski definition) is 7. The molecule has 0 saturated heterocycles. The summed E-state index contributed by atoms with van der Waals surface area (Å²) >= 11 is 8.90. The van der Waals surface area contributed by atoms with Gasteiger partial charge in [-0.25, -0.2) is 9.79 Å². The summed E-state index contributed by atoms with van der Waals surface area (Å²) in [6.07, 6.45) is 3.83. The molecule has 9 heteroatoms. The molecule has 0 radical (unpaired) electrons. The molecular formula is C31H27ClN2O4S2. The summed E-state index contributed by atoms with van der Waals surface area (Å²) in [5, 5.41) is 0.677. The minimum Gasteiger partial charge on any atom is -0.489 e. The first-order chi connectivity index (χ1) is 19.4. The number of allylic oxidation sites excluding steroid dienone is 1. The fraction of sp³-hybridized carbons (Fsp3) is 0.194. The number of nitrogens with zero attached hydrogens (tertiary/aromatic N) is 2. The van der Waals surface area contributed by atoms with Crippen molar-refractivity contribution in [2.45, 2.75) is 31.4 Å². The van der Waals surface area contributed by atoms with Gasteiger partial charge < -0.3 is 9.47 Å². The van der Waals surface area contributed by atoms with E-state index in [2.05, 4.69) is 4.99 Å². The Morgan fingerprint density at radius 2 is 1.88 bits per heavy atom. The highest BCUT2D eigenvalue weighted by molar-refractivity contribution is 7.98. The van der Waals surface area contributed by atoms with Gasteiger partial charge >= 0.3 is 5.97 Å². The first kappa shape index (κ1) is 28.0. The zero-order chi connectivity index (χ0) is 28.2. The van der Waals surface area contributed by atoms with E-state index in [1.807, 2.05) is 85.1 Å². The molecule has 0 fully saturated rings. The lowest BCUT2D eigenvalue weighted by Gasteiger charge is -2.24. The molecule has 0 aliphatic carbocycles. The van der Waals surface area contributed by atoms with Gasteiger partial charge in [0.15, 0.2) is 4.80 Å². The average Bonchev–Trinajstić information content (AvgIpc) is 3.26. The molecular weight excluding hydrogens is 564 g/mol. The highest BCUT2D eigenvalue weighted by Crippen LogP contribution is 2.31. The molecule has 0 spiro atoms. The van der Waals surface area contributed by atoms with Gasteiger partial charge in [-0.3, -0.25) is 9.36 Å². The van der Waals surface area contributed by atoms with E-state index in [0.29, 0.717) is 38.0 Å². The Balaban J connectivity index is 1.53. The summed E-state index contributed by atoms with van der Waals surface area (Å²) in [5.41, 5.74) is 3.34. The number of hydrogen-bond donors (Lipinski definition) is 0. The summed E-state index contributed by atoms with van der Waals surface area (Å²) in [7, 11) is 0. The third-order valence-electron chi connectivity index (χ3n) is 6.42. The number of halogens is 1. The van der Waals surface area contributed by atoms with Crippen molar-refractivity contribution >= 4 is 46.7 Å². The standard InChI is InChI=1S/C31H27ClN2O4S2/c1-4-37-30(36)27-19(2)33-31-34(28(27)22-10-14-25(39-3)15-11-22)29(35)26(40-31)17-21-6-5-7-24(16-21)38-18-20-8-12-23(32)13-9-20/h5-17,28H,4,18H2,1-3H3/b26-17-/t28-/m0/s1. The molecule has 0 amide bonds. The fourth-order valence-corrected chi connectivity index (χ4v) is 6.07. The maximum absolute atomic E-state index is 13.8. The Hall–Kier alpha value is -3.59. The molecule has 1 aliphatic rings. The van der Waals surface area contributed by atoms with Crippen LogP contribution in [0.15, 0.2) is 98.7 Å². The van der Waals surface area contributed by atoms with E-state index in [4.69, 9.17) is 21.1 Å². The number of rotatable bonds is 8. The van der Waals surface area contributed by atoms with E-state index < -0.39 is 12.0 Å². The molecule has 1 atom stereocenters. The number of esters is 1. The highest BCUT2D eigenvalue weighted by atomic mass is 35.5. The Morgan fingerprint density at radius 3 is 2.58 bits per heavy atom. The monoisotopic (exact) mass is 590 g/mol. The van der Waals surface area contributed by atoms with Crippen molar-refractivity contribution in [1.82, 2.24) is 4.57 Å². The van der Waals surface area contributed by atoms with Crippen LogP contribution in [-0.2, 0) is 16.1 Å². The van der Waals surface area contributed by atoms with Crippen molar-refractivity contribution in [2.24, 2.45) is 4.99 Å². The lowest BCUT2D eigenvalue weighted by Crippen LogP contribution is -2.39. The normalized spacial score (nSPS) is 15.0. The fourth-order valence-electron chi connectivity index (χ4n) is 4.49. The second-order valence-electron chi connectivity index (χ2n) is 9.06. The number of benzene rings is 3. The second-order valence-corrected chi connectivity index (χ2v) is 11.4. The first-order valence-corrected chi connectivity index (χ1v) is 15.1. The van der Waals surface area contributed by atoms with Gasteiger partial charge in [0.1, 0.15) is 12.4 Å². The van der Waals surface area contributed by atoms with E-state index >= 15 is 0 Å². The van der Waals surface area contributed by atoms with E-state index in [9.17, 15) is 9.59 Å². The van der Waals surface area contributed by atoms with E-state index in [-0.39, 0.29) is 12.2 Å². The summed E-state index contributed by atoms with van der Waals surface area (Å²) in [5.74, 6) is 0.214. The lowest BCUT2D eigenvalue weighted by atomic mass is 9.96. The molecule has 0 N–H and O–H groups in total. The SMILES string of the molecule is CCOC(=O)C1=C(C)N=c2s/c(=C\c3cccc(OCc4ccc(Cl)cc4)c3)c(=O)n2[C@H]1c1ccc(SC)cc1. The van der Waals surface area contributed by atoms with E-state index in [0.717, 1.165) is 21.6 Å². The predicted molar refractivity (Wildman–Crippen MR) is 161 cm³/mol. The van der Waals surface area contributed by atoms with Gasteiger partial charge in [-0.1, -0.05) is 59.3 Å². The largest absolute Gasteiger partial charge is 0.489 e. The maximum atomic E-state index is 13.8. The van der Waals surface area contributed by atoms with E-state index in [1.54, 1.807) is 30.2 Å². The number of thioether (sulfide) groups is 1. The Kier molecular flexibility index (Phi) is 8.59. The van der Waals surface area contributed by atoms with Crippen LogP contribution < -0.4 is 19.6 Å². The van der Waals surface area contributed by atoms with Crippen LogP contribution in [0.4, 0.5) is 0 Å². The number of carbonyl (C=O) groups is 1. The number of carbonyl (C=O) groups excluding carboxylic acids is 1. The van der Waals surface area contributed by atoms with Crippen molar-refractivity contribution in [2.75, 3.05) is 12.9 Å². The quantitative estimate of drug-likeness (QED) is 0.193.